The summed E-state index contributed by atoms with van der Waals surface area (Å²) < 4.78 is 39.6. The Balaban J connectivity index is 2.26. The monoisotopic (exact) mass is 737 g/mol. The minimum Gasteiger partial charge on any atom is -0.379 e. The highest BCUT2D eigenvalue weighted by atomic mass is 32.2. The number of nitrogens with one attached hydrogen (secondary N) is 3. The number of hydrogen-bond donors (Lipinski definition) is 3. The Hall–Kier alpha value is -3.07. The Morgan fingerprint density at radius 1 is 0.941 bits per heavy atom. The highest BCUT2D eigenvalue weighted by molar-refractivity contribution is 7.89. The Morgan fingerprint density at radius 3 is 2.06 bits per heavy atom. The number of amides is 4. The molecule has 0 radical (unpaired) electrons. The van der Waals surface area contributed by atoms with E-state index in [2.05, 4.69) is 15.4 Å². The van der Waals surface area contributed by atoms with Gasteiger partial charge in [0.15, 0.2) is 0 Å². The molecule has 1 heterocycles. The van der Waals surface area contributed by atoms with Gasteiger partial charge in [-0.2, -0.15) is 0 Å². The molecule has 0 spiro atoms. The van der Waals surface area contributed by atoms with Gasteiger partial charge in [-0.15, -0.1) is 0 Å². The first kappa shape index (κ1) is 44.1. The molecule has 1 fully saturated rings. The summed E-state index contributed by atoms with van der Waals surface area (Å²) in [7, 11) is 2.42. The Labute approximate surface area is 306 Å². The first-order chi connectivity index (χ1) is 23.9. The van der Waals surface area contributed by atoms with Gasteiger partial charge in [0.25, 0.3) is 0 Å². The fourth-order valence-electron chi connectivity index (χ4n) is 7.13. The number of carbonyl (C=O) groups excluding carboxylic acids is 4. The van der Waals surface area contributed by atoms with Crippen LogP contribution >= 0.6 is 0 Å². The largest absolute Gasteiger partial charge is 0.379 e. The van der Waals surface area contributed by atoms with Crippen molar-refractivity contribution in [1.82, 2.24) is 25.2 Å². The molecule has 2 rings (SSSR count). The van der Waals surface area contributed by atoms with Crippen molar-refractivity contribution in [3.05, 3.63) is 35.9 Å². The van der Waals surface area contributed by atoms with Crippen molar-refractivity contribution in [2.75, 3.05) is 34.9 Å². The summed E-state index contributed by atoms with van der Waals surface area (Å²) in [6, 6.07) is 6.38. The van der Waals surface area contributed by atoms with Crippen LogP contribution in [0.3, 0.4) is 0 Å². The van der Waals surface area contributed by atoms with Crippen LogP contribution in [0.5, 0.6) is 0 Å². The van der Waals surface area contributed by atoms with Crippen molar-refractivity contribution >= 4 is 33.7 Å². The second kappa shape index (κ2) is 20.2. The molecule has 3 N–H and O–H groups in total. The van der Waals surface area contributed by atoms with Crippen LogP contribution in [0.1, 0.15) is 79.7 Å². The highest BCUT2D eigenvalue weighted by Gasteiger charge is 2.43. The molecule has 4 amide bonds. The summed E-state index contributed by atoms with van der Waals surface area (Å²) in [6.07, 6.45) is 0.501. The molecule has 8 atom stereocenters. The van der Waals surface area contributed by atoms with Crippen LogP contribution in [0.15, 0.2) is 30.3 Å². The van der Waals surface area contributed by atoms with Gasteiger partial charge in [-0.05, 0) is 43.2 Å². The van der Waals surface area contributed by atoms with Gasteiger partial charge in [-0.25, -0.2) is 8.42 Å². The van der Waals surface area contributed by atoms with Crippen molar-refractivity contribution in [3.8, 4) is 0 Å². The number of carbonyl (C=O) groups is 4. The van der Waals surface area contributed by atoms with Gasteiger partial charge in [-0.1, -0.05) is 85.2 Å². The maximum atomic E-state index is 14.1. The summed E-state index contributed by atoms with van der Waals surface area (Å²) >= 11 is 0. The van der Waals surface area contributed by atoms with E-state index in [1.165, 1.54) is 14.2 Å². The minimum absolute atomic E-state index is 0.0181. The Morgan fingerprint density at radius 2 is 1.55 bits per heavy atom. The number of sulfonamides is 1. The van der Waals surface area contributed by atoms with Gasteiger partial charge in [0, 0.05) is 27.8 Å². The molecule has 290 valence electrons. The average Bonchev–Trinajstić information content (AvgIpc) is 3.56. The molecule has 14 heteroatoms. The van der Waals surface area contributed by atoms with E-state index in [0.717, 1.165) is 0 Å². The summed E-state index contributed by atoms with van der Waals surface area (Å²) in [4.78, 5) is 57.9. The van der Waals surface area contributed by atoms with Crippen molar-refractivity contribution in [2.24, 2.45) is 23.7 Å². The fraction of sp³-hybridized carbons (Fsp3) is 0.730. The zero-order valence-electron chi connectivity index (χ0n) is 32.5. The van der Waals surface area contributed by atoms with Gasteiger partial charge in [0.2, 0.25) is 33.7 Å². The third-order valence-electron chi connectivity index (χ3n) is 10.2. The van der Waals surface area contributed by atoms with E-state index in [4.69, 9.17) is 9.47 Å². The van der Waals surface area contributed by atoms with E-state index in [0.29, 0.717) is 31.4 Å². The lowest BCUT2D eigenvalue weighted by Gasteiger charge is -2.41. The first-order valence-corrected chi connectivity index (χ1v) is 19.8. The van der Waals surface area contributed by atoms with Crippen LogP contribution in [0.2, 0.25) is 0 Å². The lowest BCUT2D eigenvalue weighted by molar-refractivity contribution is -0.147. The number of rotatable bonds is 20. The van der Waals surface area contributed by atoms with Crippen molar-refractivity contribution in [2.45, 2.75) is 116 Å². The Bertz CT molecular complexity index is 1390. The zero-order chi connectivity index (χ0) is 38.6. The lowest BCUT2D eigenvalue weighted by atomic mass is 9.89. The van der Waals surface area contributed by atoms with Crippen molar-refractivity contribution in [1.29, 1.82) is 0 Å². The molecule has 51 heavy (non-hydrogen) atoms. The zero-order valence-corrected chi connectivity index (χ0v) is 33.3. The molecule has 0 aliphatic carbocycles. The van der Waals surface area contributed by atoms with Gasteiger partial charge in [-0.3, -0.25) is 23.9 Å². The highest BCUT2D eigenvalue weighted by Crippen LogP contribution is 2.30. The molecule has 1 saturated heterocycles. The second-order valence-electron chi connectivity index (χ2n) is 14.5. The number of nitrogens with zero attached hydrogens (tertiary/aromatic N) is 2. The molecule has 0 bridgehead atoms. The quantitative estimate of drug-likeness (QED) is 0.183. The van der Waals surface area contributed by atoms with E-state index < -0.39 is 58.2 Å². The summed E-state index contributed by atoms with van der Waals surface area (Å²) in [6.45, 7) is 13.7. The normalized spacial score (nSPS) is 19.2. The number of hydrogen-bond acceptors (Lipinski definition) is 9. The van der Waals surface area contributed by atoms with Gasteiger partial charge >= 0.3 is 0 Å². The molecule has 0 saturated carbocycles. The third-order valence-corrected chi connectivity index (χ3v) is 11.4. The van der Waals surface area contributed by atoms with Crippen LogP contribution in [0, 0.1) is 23.7 Å². The number of methoxy groups -OCH3 is 2. The standard InChI is InChI=1S/C37H63N5O8S/c1-12-25(6)33(41(9)37(46)32(24(4)5)39-36(45)31(38-8)23(2)3)29(49-10)21-30(43)42-20-16-19-28(42)34(50-11)26(7)35(44)40-51(47,48)22-27-17-14-13-15-18-27/h13-15,17-18,23-26,28-29,31-34,38H,12,16,19-22H2,1-11H3,(H,39,45)(H,40,44)/t25-,26+,28-,29+,31-,32-,33-,34+/m0/s1. The van der Waals surface area contributed by atoms with Crippen LogP contribution in [0.25, 0.3) is 0 Å². The van der Waals surface area contributed by atoms with Crippen molar-refractivity contribution < 1.29 is 37.1 Å². The molecule has 1 aliphatic heterocycles. The third kappa shape index (κ3) is 12.0. The molecule has 0 unspecified atom stereocenters. The molecule has 0 aromatic heterocycles. The maximum Gasteiger partial charge on any atom is 0.245 e. The molecule has 1 aromatic carbocycles. The first-order valence-electron chi connectivity index (χ1n) is 18.1. The van der Waals surface area contributed by atoms with E-state index in [-0.39, 0.29) is 47.6 Å². The summed E-state index contributed by atoms with van der Waals surface area (Å²) in [5.74, 6) is -2.89. The predicted octanol–water partition coefficient (Wildman–Crippen LogP) is 2.94. The van der Waals surface area contributed by atoms with E-state index in [9.17, 15) is 27.6 Å². The number of likely N-dealkylation sites (N-methyl/N-ethyl adjacent to an activating group) is 2. The lowest BCUT2D eigenvalue weighted by Crippen LogP contribution is -2.59. The maximum absolute atomic E-state index is 14.1. The summed E-state index contributed by atoms with van der Waals surface area (Å²) in [5, 5.41) is 5.99. The molecule has 1 aromatic rings. The van der Waals surface area contributed by atoms with E-state index >= 15 is 0 Å². The predicted molar refractivity (Wildman–Crippen MR) is 198 cm³/mol. The van der Waals surface area contributed by atoms with Gasteiger partial charge in [0.1, 0.15) is 6.04 Å². The fourth-order valence-corrected chi connectivity index (χ4v) is 8.32. The van der Waals surface area contributed by atoms with Crippen LogP contribution < -0.4 is 15.4 Å². The number of ether oxygens (including phenoxy) is 2. The van der Waals surface area contributed by atoms with Crippen LogP contribution in [-0.4, -0.2) is 113 Å². The van der Waals surface area contributed by atoms with Crippen LogP contribution in [0.4, 0.5) is 0 Å². The number of benzene rings is 1. The van der Waals surface area contributed by atoms with Gasteiger partial charge < -0.3 is 29.9 Å². The van der Waals surface area contributed by atoms with Crippen molar-refractivity contribution in [3.63, 3.8) is 0 Å². The van der Waals surface area contributed by atoms with E-state index in [1.807, 2.05) is 41.5 Å². The molecular formula is C37H63N5O8S. The summed E-state index contributed by atoms with van der Waals surface area (Å²) in [5.41, 5.74) is 0.551. The molecule has 13 nitrogen and oxygen atoms in total. The average molecular weight is 738 g/mol. The number of likely N-dealkylation sites (tertiary alicyclic amines) is 1. The van der Waals surface area contributed by atoms with E-state index in [1.54, 1.807) is 61.2 Å². The van der Waals surface area contributed by atoms with Crippen LogP contribution in [-0.2, 0) is 44.4 Å². The Kier molecular flexibility index (Phi) is 17.5. The minimum atomic E-state index is -3.97. The molecular weight excluding hydrogens is 675 g/mol. The molecule has 1 aliphatic rings. The second-order valence-corrected chi connectivity index (χ2v) is 16.3. The topological polar surface area (TPSA) is 163 Å². The smallest absolute Gasteiger partial charge is 0.245 e. The van der Waals surface area contributed by atoms with Gasteiger partial charge in [0.05, 0.1) is 48.4 Å². The SMILES string of the molecule is CC[C@H](C)[C@@H]([C@@H](CC(=O)N1CCC[C@H]1[C@H](OC)[C@@H](C)C(=O)NS(=O)(=O)Cc1ccccc1)OC)N(C)C(=O)[C@@H](NC(=O)[C@@H](NC)C(C)C)C(C)C.